The lowest BCUT2D eigenvalue weighted by atomic mass is 9.99. The van der Waals surface area contributed by atoms with Gasteiger partial charge in [-0.2, -0.15) is 0 Å². The van der Waals surface area contributed by atoms with Crippen LogP contribution in [0.1, 0.15) is 35.8 Å². The second kappa shape index (κ2) is 9.74. The van der Waals surface area contributed by atoms with Gasteiger partial charge in [0.1, 0.15) is 5.75 Å². The molecule has 0 unspecified atom stereocenters. The summed E-state index contributed by atoms with van der Waals surface area (Å²) < 4.78 is 7.12. The van der Waals surface area contributed by atoms with Crippen molar-refractivity contribution in [1.82, 2.24) is 25.2 Å². The molecule has 3 heterocycles. The number of methoxy groups -OCH3 is 1. The first kappa shape index (κ1) is 22.2. The second-order valence-electron chi connectivity index (χ2n) is 8.83. The van der Waals surface area contributed by atoms with Crippen LogP contribution in [0.4, 0.5) is 0 Å². The first-order chi connectivity index (χ1) is 16.6. The number of fused-ring (bicyclic) bond motifs is 1. The Hall–Kier alpha value is -3.56. The SMILES string of the molecule is COc1ccc2cc([C@H](c3nnnn3CCc3ccccc3)[NH+]3CCC(O)CC3)c(=O)[nH]c2c1. The molecule has 0 spiro atoms. The predicted molar refractivity (Wildman–Crippen MR) is 127 cm³/mol. The van der Waals surface area contributed by atoms with E-state index in [-0.39, 0.29) is 17.7 Å². The zero-order valence-electron chi connectivity index (χ0n) is 19.1. The number of hydrogen-bond donors (Lipinski definition) is 3. The monoisotopic (exact) mass is 461 g/mol. The zero-order valence-corrected chi connectivity index (χ0v) is 19.1. The fourth-order valence-corrected chi connectivity index (χ4v) is 4.80. The van der Waals surface area contributed by atoms with E-state index in [1.807, 2.05) is 47.1 Å². The van der Waals surface area contributed by atoms with Gasteiger partial charge in [-0.1, -0.05) is 30.3 Å². The highest BCUT2D eigenvalue weighted by Gasteiger charge is 2.36. The maximum Gasteiger partial charge on any atom is 0.258 e. The summed E-state index contributed by atoms with van der Waals surface area (Å²) in [5.41, 5.74) is 2.38. The highest BCUT2D eigenvalue weighted by molar-refractivity contribution is 5.80. The highest BCUT2D eigenvalue weighted by Crippen LogP contribution is 2.22. The topological polar surface area (TPSA) is 110 Å². The van der Waals surface area contributed by atoms with Crippen molar-refractivity contribution in [2.75, 3.05) is 20.2 Å². The Morgan fingerprint density at radius 2 is 1.97 bits per heavy atom. The van der Waals surface area contributed by atoms with Crippen molar-refractivity contribution in [3.05, 3.63) is 81.9 Å². The van der Waals surface area contributed by atoms with Gasteiger partial charge in [0, 0.05) is 25.5 Å². The van der Waals surface area contributed by atoms with Gasteiger partial charge in [0.25, 0.3) is 5.56 Å². The first-order valence-corrected chi connectivity index (χ1v) is 11.7. The molecule has 1 saturated heterocycles. The molecule has 9 heteroatoms. The van der Waals surface area contributed by atoms with Crippen LogP contribution in [-0.4, -0.2) is 56.6 Å². The average Bonchev–Trinajstić information content (AvgIpc) is 3.33. The van der Waals surface area contributed by atoms with Crippen molar-refractivity contribution >= 4 is 10.9 Å². The third-order valence-corrected chi connectivity index (χ3v) is 6.67. The number of aryl methyl sites for hydroxylation is 2. The second-order valence-corrected chi connectivity index (χ2v) is 8.83. The molecule has 0 amide bonds. The summed E-state index contributed by atoms with van der Waals surface area (Å²) in [6.45, 7) is 2.08. The Morgan fingerprint density at radius 1 is 1.18 bits per heavy atom. The summed E-state index contributed by atoms with van der Waals surface area (Å²) >= 11 is 0. The molecule has 34 heavy (non-hydrogen) atoms. The van der Waals surface area contributed by atoms with Crippen LogP contribution in [0.15, 0.2) is 59.4 Å². The number of benzene rings is 2. The van der Waals surface area contributed by atoms with Crippen molar-refractivity contribution in [3.8, 4) is 5.75 Å². The van der Waals surface area contributed by atoms with Crippen LogP contribution in [0, 0.1) is 0 Å². The minimum Gasteiger partial charge on any atom is -0.497 e. The molecule has 5 rings (SSSR count). The largest absolute Gasteiger partial charge is 0.497 e. The molecular formula is C25H29N6O3+. The van der Waals surface area contributed by atoms with Gasteiger partial charge in [-0.3, -0.25) is 4.79 Å². The molecule has 1 fully saturated rings. The van der Waals surface area contributed by atoms with Gasteiger partial charge in [0.15, 0.2) is 6.04 Å². The van der Waals surface area contributed by atoms with Crippen LogP contribution in [0.25, 0.3) is 10.9 Å². The van der Waals surface area contributed by atoms with E-state index in [9.17, 15) is 9.90 Å². The van der Waals surface area contributed by atoms with Crippen LogP contribution in [0.3, 0.4) is 0 Å². The number of tetrazole rings is 1. The lowest BCUT2D eigenvalue weighted by Crippen LogP contribution is -3.14. The summed E-state index contributed by atoms with van der Waals surface area (Å²) in [4.78, 5) is 17.5. The van der Waals surface area contributed by atoms with E-state index in [1.54, 1.807) is 7.11 Å². The maximum atomic E-state index is 13.3. The molecule has 0 saturated carbocycles. The van der Waals surface area contributed by atoms with E-state index in [1.165, 1.54) is 10.5 Å². The van der Waals surface area contributed by atoms with Crippen molar-refractivity contribution in [1.29, 1.82) is 0 Å². The minimum atomic E-state index is -0.339. The van der Waals surface area contributed by atoms with Gasteiger partial charge in [0.05, 0.1) is 37.4 Å². The molecule has 3 N–H and O–H groups in total. The van der Waals surface area contributed by atoms with Crippen LogP contribution < -0.4 is 15.2 Å². The quantitative estimate of drug-likeness (QED) is 0.377. The normalized spacial score (nSPS) is 19.2. The number of rotatable bonds is 7. The van der Waals surface area contributed by atoms with E-state index in [0.717, 1.165) is 30.4 Å². The number of aromatic amines is 1. The minimum absolute atomic E-state index is 0.165. The number of pyridine rings is 1. The molecule has 0 aliphatic carbocycles. The van der Waals surface area contributed by atoms with Gasteiger partial charge in [-0.15, -0.1) is 5.10 Å². The van der Waals surface area contributed by atoms with E-state index in [4.69, 9.17) is 4.74 Å². The van der Waals surface area contributed by atoms with Crippen LogP contribution in [0.5, 0.6) is 5.75 Å². The van der Waals surface area contributed by atoms with E-state index in [0.29, 0.717) is 36.5 Å². The summed E-state index contributed by atoms with van der Waals surface area (Å²) in [5, 5.41) is 23.6. The third kappa shape index (κ3) is 4.57. The number of likely N-dealkylation sites (tertiary alicyclic amines) is 1. The molecular weight excluding hydrogens is 432 g/mol. The van der Waals surface area contributed by atoms with Crippen LogP contribution >= 0.6 is 0 Å². The van der Waals surface area contributed by atoms with Gasteiger partial charge in [-0.05, 0) is 46.0 Å². The van der Waals surface area contributed by atoms with Gasteiger partial charge < -0.3 is 19.7 Å². The lowest BCUT2D eigenvalue weighted by Gasteiger charge is -2.32. The molecule has 0 bridgehead atoms. The average molecular weight is 462 g/mol. The molecule has 0 radical (unpaired) electrons. The number of H-pyrrole nitrogens is 1. The van der Waals surface area contributed by atoms with Crippen molar-refractivity contribution in [3.63, 3.8) is 0 Å². The Kier molecular flexibility index (Phi) is 6.37. The predicted octanol–water partition coefficient (Wildman–Crippen LogP) is 0.895. The third-order valence-electron chi connectivity index (χ3n) is 6.67. The highest BCUT2D eigenvalue weighted by atomic mass is 16.5. The maximum absolute atomic E-state index is 13.3. The molecule has 176 valence electrons. The fourth-order valence-electron chi connectivity index (χ4n) is 4.80. The van der Waals surface area contributed by atoms with Crippen LogP contribution in [-0.2, 0) is 13.0 Å². The Morgan fingerprint density at radius 3 is 2.74 bits per heavy atom. The Balaban J connectivity index is 1.54. The molecule has 1 aliphatic heterocycles. The number of piperidine rings is 1. The van der Waals surface area contributed by atoms with Crippen molar-refractivity contribution in [2.24, 2.45) is 0 Å². The summed E-state index contributed by atoms with van der Waals surface area (Å²) in [5.74, 6) is 1.36. The summed E-state index contributed by atoms with van der Waals surface area (Å²) in [7, 11) is 1.60. The van der Waals surface area contributed by atoms with E-state index >= 15 is 0 Å². The number of aliphatic hydroxyl groups excluding tert-OH is 1. The number of hydrogen-bond acceptors (Lipinski definition) is 6. The fraction of sp³-hybridized carbons (Fsp3) is 0.360. The smallest absolute Gasteiger partial charge is 0.258 e. The Bertz CT molecular complexity index is 1310. The standard InChI is InChI=1S/C25H28N6O3/c1-34-20-8-7-18-15-21(25(33)26-22(18)16-20)23(30-12-10-19(32)11-13-30)24-27-28-29-31(24)14-9-17-5-3-2-4-6-17/h2-8,15-16,19,23,32H,9-14H2,1H3,(H,26,33)/p+1/t23-/m1/s1. The van der Waals surface area contributed by atoms with E-state index in [2.05, 4.69) is 32.6 Å². The summed E-state index contributed by atoms with van der Waals surface area (Å²) in [6, 6.07) is 17.5. The molecule has 1 aliphatic rings. The zero-order chi connectivity index (χ0) is 23.5. The first-order valence-electron chi connectivity index (χ1n) is 11.7. The number of ether oxygens (including phenoxy) is 1. The number of quaternary nitrogens is 1. The molecule has 2 aromatic carbocycles. The van der Waals surface area contributed by atoms with Gasteiger partial charge >= 0.3 is 0 Å². The number of aliphatic hydroxyl groups is 1. The molecule has 4 aromatic rings. The Labute approximate surface area is 197 Å². The van der Waals surface area contributed by atoms with Crippen LogP contribution in [0.2, 0.25) is 0 Å². The molecule has 2 aromatic heterocycles. The van der Waals surface area contributed by atoms with Gasteiger partial charge in [-0.25, -0.2) is 4.68 Å². The number of nitrogens with zero attached hydrogens (tertiary/aromatic N) is 4. The molecule has 1 atom stereocenters. The molecule has 9 nitrogen and oxygen atoms in total. The summed E-state index contributed by atoms with van der Waals surface area (Å²) in [6.07, 6.45) is 1.84. The van der Waals surface area contributed by atoms with Gasteiger partial charge in [0.2, 0.25) is 5.82 Å². The number of nitrogens with one attached hydrogen (secondary N) is 2. The number of aromatic nitrogens is 5. The van der Waals surface area contributed by atoms with E-state index < -0.39 is 0 Å². The van der Waals surface area contributed by atoms with Crippen molar-refractivity contribution in [2.45, 2.75) is 38.0 Å². The lowest BCUT2D eigenvalue weighted by molar-refractivity contribution is -0.932. The van der Waals surface area contributed by atoms with Crippen molar-refractivity contribution < 1.29 is 14.7 Å².